The number of hydrogen-bond acceptors (Lipinski definition) is 3. The molecule has 0 saturated carbocycles. The number of oxazole rings is 1. The van der Waals surface area contributed by atoms with Crippen molar-refractivity contribution >= 4 is 5.91 Å². The van der Waals surface area contributed by atoms with Gasteiger partial charge in [-0.3, -0.25) is 4.79 Å². The van der Waals surface area contributed by atoms with Crippen LogP contribution >= 0.6 is 0 Å². The van der Waals surface area contributed by atoms with Gasteiger partial charge in [-0.25, -0.2) is 9.37 Å². The number of benzene rings is 1. The van der Waals surface area contributed by atoms with Crippen LogP contribution < -0.4 is 0 Å². The first-order valence-corrected chi connectivity index (χ1v) is 8.86. The molecule has 1 aliphatic rings. The van der Waals surface area contributed by atoms with Crippen LogP contribution in [0, 0.1) is 11.7 Å². The van der Waals surface area contributed by atoms with Gasteiger partial charge in [0.25, 0.3) is 0 Å². The number of amides is 1. The molecule has 2 aromatic rings. The first kappa shape index (κ1) is 17.6. The first-order valence-electron chi connectivity index (χ1n) is 8.86. The van der Waals surface area contributed by atoms with E-state index in [0.29, 0.717) is 6.42 Å². The van der Waals surface area contributed by atoms with Crippen molar-refractivity contribution in [2.75, 3.05) is 13.1 Å². The number of halogens is 1. The van der Waals surface area contributed by atoms with E-state index in [9.17, 15) is 9.18 Å². The zero-order valence-corrected chi connectivity index (χ0v) is 15.1. The first-order chi connectivity index (χ1) is 11.9. The van der Waals surface area contributed by atoms with Crippen LogP contribution in [0.3, 0.4) is 0 Å². The zero-order chi connectivity index (χ0) is 18.0. The van der Waals surface area contributed by atoms with E-state index in [0.717, 1.165) is 43.1 Å². The smallest absolute Gasteiger partial charge is 0.225 e. The molecular weight excluding hydrogens is 319 g/mol. The van der Waals surface area contributed by atoms with Gasteiger partial charge in [-0.05, 0) is 30.5 Å². The highest BCUT2D eigenvalue weighted by Crippen LogP contribution is 2.35. The van der Waals surface area contributed by atoms with E-state index in [1.165, 1.54) is 12.1 Å². The Morgan fingerprint density at radius 3 is 2.72 bits per heavy atom. The lowest BCUT2D eigenvalue weighted by Gasteiger charge is -2.38. The van der Waals surface area contributed by atoms with Gasteiger partial charge in [-0.15, -0.1) is 0 Å². The summed E-state index contributed by atoms with van der Waals surface area (Å²) in [4.78, 5) is 18.5. The van der Waals surface area contributed by atoms with Crippen molar-refractivity contribution in [1.29, 1.82) is 0 Å². The maximum absolute atomic E-state index is 13.3. The molecule has 0 atom stereocenters. The molecule has 2 heterocycles. The Balaban J connectivity index is 1.67. The molecule has 1 aromatic heterocycles. The van der Waals surface area contributed by atoms with Crippen LogP contribution in [0.4, 0.5) is 4.39 Å². The van der Waals surface area contributed by atoms with Gasteiger partial charge in [0.05, 0.1) is 6.20 Å². The number of likely N-dealkylation sites (tertiary alicyclic amines) is 1. The third kappa shape index (κ3) is 3.91. The summed E-state index contributed by atoms with van der Waals surface area (Å²) in [5.41, 5.74) is 0.707. The van der Waals surface area contributed by atoms with Crippen LogP contribution in [-0.2, 0) is 16.6 Å². The molecule has 1 amide bonds. The van der Waals surface area contributed by atoms with Gasteiger partial charge in [0.1, 0.15) is 11.6 Å². The predicted octanol–water partition coefficient (Wildman–Crippen LogP) is 3.94. The lowest BCUT2D eigenvalue weighted by molar-refractivity contribution is -0.136. The number of hydrogen-bond donors (Lipinski definition) is 0. The Labute approximate surface area is 148 Å². The predicted molar refractivity (Wildman–Crippen MR) is 93.7 cm³/mol. The largest absolute Gasteiger partial charge is 0.445 e. The lowest BCUT2D eigenvalue weighted by Crippen LogP contribution is -2.45. The number of rotatable bonds is 4. The van der Waals surface area contributed by atoms with Crippen LogP contribution in [0.1, 0.15) is 50.8 Å². The van der Waals surface area contributed by atoms with Gasteiger partial charge in [0, 0.05) is 30.8 Å². The second-order valence-electron chi connectivity index (χ2n) is 7.48. The van der Waals surface area contributed by atoms with Crippen molar-refractivity contribution in [2.24, 2.45) is 5.92 Å². The third-order valence-electron chi connectivity index (χ3n) is 5.01. The standard InChI is InChI=1S/C20H25FN2O2/c1-14(2)18(24)23-9-7-20(3,8-10-23)19-22-13-17(25-19)12-15-5-4-6-16(21)11-15/h4-6,11,13-14H,7-10,12H2,1-3H3. The molecule has 1 saturated heterocycles. The maximum Gasteiger partial charge on any atom is 0.225 e. The second-order valence-corrected chi connectivity index (χ2v) is 7.48. The highest BCUT2D eigenvalue weighted by Gasteiger charge is 2.37. The summed E-state index contributed by atoms with van der Waals surface area (Å²) < 4.78 is 19.3. The summed E-state index contributed by atoms with van der Waals surface area (Å²) >= 11 is 0. The molecule has 1 aromatic carbocycles. The molecule has 0 aliphatic carbocycles. The van der Waals surface area contributed by atoms with E-state index in [2.05, 4.69) is 11.9 Å². The molecule has 5 heteroatoms. The minimum atomic E-state index is -0.244. The third-order valence-corrected chi connectivity index (χ3v) is 5.01. The summed E-state index contributed by atoms with van der Waals surface area (Å²) in [6, 6.07) is 6.52. The lowest BCUT2D eigenvalue weighted by atomic mass is 9.80. The Morgan fingerprint density at radius 1 is 1.36 bits per heavy atom. The monoisotopic (exact) mass is 344 g/mol. The molecule has 1 aliphatic heterocycles. The number of aromatic nitrogens is 1. The summed E-state index contributed by atoms with van der Waals surface area (Å²) in [5, 5.41) is 0. The summed E-state index contributed by atoms with van der Waals surface area (Å²) in [6.07, 6.45) is 3.94. The summed E-state index contributed by atoms with van der Waals surface area (Å²) in [7, 11) is 0. The van der Waals surface area contributed by atoms with Crippen molar-refractivity contribution in [1.82, 2.24) is 9.88 Å². The fraction of sp³-hybridized carbons (Fsp3) is 0.500. The van der Waals surface area contributed by atoms with Crippen LogP contribution in [0.5, 0.6) is 0 Å². The molecule has 3 rings (SSSR count). The van der Waals surface area contributed by atoms with Crippen LogP contribution in [-0.4, -0.2) is 28.9 Å². The van der Waals surface area contributed by atoms with E-state index in [1.807, 2.05) is 24.8 Å². The molecule has 0 radical (unpaired) electrons. The van der Waals surface area contributed by atoms with E-state index >= 15 is 0 Å². The topological polar surface area (TPSA) is 46.3 Å². The van der Waals surface area contributed by atoms with Crippen molar-refractivity contribution in [2.45, 2.75) is 45.4 Å². The van der Waals surface area contributed by atoms with Crippen LogP contribution in [0.2, 0.25) is 0 Å². The van der Waals surface area contributed by atoms with Gasteiger partial charge < -0.3 is 9.32 Å². The van der Waals surface area contributed by atoms with Gasteiger partial charge in [0.15, 0.2) is 5.89 Å². The number of carbonyl (C=O) groups excluding carboxylic acids is 1. The van der Waals surface area contributed by atoms with Gasteiger partial charge >= 0.3 is 0 Å². The molecule has 0 N–H and O–H groups in total. The van der Waals surface area contributed by atoms with E-state index in [4.69, 9.17) is 4.42 Å². The average molecular weight is 344 g/mol. The summed E-state index contributed by atoms with van der Waals surface area (Å²) in [6.45, 7) is 7.47. The fourth-order valence-electron chi connectivity index (χ4n) is 3.32. The number of carbonyl (C=O) groups is 1. The van der Waals surface area contributed by atoms with Crippen LogP contribution in [0.25, 0.3) is 0 Å². The highest BCUT2D eigenvalue weighted by atomic mass is 19.1. The minimum Gasteiger partial charge on any atom is -0.445 e. The van der Waals surface area contributed by atoms with Crippen molar-refractivity contribution in [3.63, 3.8) is 0 Å². The SMILES string of the molecule is CC(C)C(=O)N1CCC(C)(c2ncc(Cc3cccc(F)c3)o2)CC1. The van der Waals surface area contributed by atoms with Gasteiger partial charge in [0.2, 0.25) is 5.91 Å². The second kappa shape index (κ2) is 6.98. The fourth-order valence-corrected chi connectivity index (χ4v) is 3.32. The average Bonchev–Trinajstić information content (AvgIpc) is 3.04. The minimum absolute atomic E-state index is 0.0314. The van der Waals surface area contributed by atoms with E-state index in [1.54, 1.807) is 12.3 Å². The van der Waals surface area contributed by atoms with Gasteiger partial charge in [-0.2, -0.15) is 0 Å². The number of piperidine rings is 1. The Bertz CT molecular complexity index is 746. The normalized spacial score (nSPS) is 17.1. The molecule has 1 fully saturated rings. The Hall–Kier alpha value is -2.17. The molecule has 134 valence electrons. The van der Waals surface area contributed by atoms with Crippen molar-refractivity contribution in [3.05, 3.63) is 53.5 Å². The Morgan fingerprint density at radius 2 is 2.08 bits per heavy atom. The van der Waals surface area contributed by atoms with Gasteiger partial charge in [-0.1, -0.05) is 32.9 Å². The molecule has 0 bridgehead atoms. The van der Waals surface area contributed by atoms with E-state index in [-0.39, 0.29) is 23.1 Å². The molecular formula is C20H25FN2O2. The molecule has 25 heavy (non-hydrogen) atoms. The van der Waals surface area contributed by atoms with Crippen LogP contribution in [0.15, 0.2) is 34.9 Å². The molecule has 0 spiro atoms. The highest BCUT2D eigenvalue weighted by molar-refractivity contribution is 5.78. The molecule has 4 nitrogen and oxygen atoms in total. The van der Waals surface area contributed by atoms with E-state index < -0.39 is 0 Å². The Kier molecular flexibility index (Phi) is 4.93. The number of nitrogens with zero attached hydrogens (tertiary/aromatic N) is 2. The summed E-state index contributed by atoms with van der Waals surface area (Å²) in [5.74, 6) is 1.45. The van der Waals surface area contributed by atoms with Crippen molar-refractivity contribution < 1.29 is 13.6 Å². The zero-order valence-electron chi connectivity index (χ0n) is 15.1. The van der Waals surface area contributed by atoms with Crippen molar-refractivity contribution in [3.8, 4) is 0 Å². The molecule has 0 unspecified atom stereocenters. The maximum atomic E-state index is 13.3. The quantitative estimate of drug-likeness (QED) is 0.844.